The van der Waals surface area contributed by atoms with Crippen LogP contribution in [0.25, 0.3) is 22.0 Å². The van der Waals surface area contributed by atoms with E-state index in [2.05, 4.69) is 0 Å². The molecule has 1 heterocycles. The number of fused-ring (bicyclic) bond motifs is 1. The normalized spacial score (nSPS) is 11.0. The van der Waals surface area contributed by atoms with Crippen LogP contribution in [0.15, 0.2) is 72.9 Å². The van der Waals surface area contributed by atoms with Crippen molar-refractivity contribution in [1.29, 1.82) is 0 Å². The maximum Gasteiger partial charge on any atom is 0.415 e. The van der Waals surface area contributed by atoms with Crippen LogP contribution in [0.5, 0.6) is 5.75 Å². The maximum absolute atomic E-state index is 14.2. The first-order valence-corrected chi connectivity index (χ1v) is 10.9. The van der Waals surface area contributed by atoms with Gasteiger partial charge in [-0.05, 0) is 50.6 Å². The Hall–Kier alpha value is -3.60. The zero-order valence-corrected chi connectivity index (χ0v) is 18.6. The molecule has 4 nitrogen and oxygen atoms in total. The van der Waals surface area contributed by atoms with Crippen molar-refractivity contribution < 1.29 is 13.9 Å². The molecule has 0 radical (unpaired) electrons. The van der Waals surface area contributed by atoms with E-state index in [4.69, 9.17) is 4.74 Å². The third kappa shape index (κ3) is 4.24. The van der Waals surface area contributed by atoms with Gasteiger partial charge in [0.25, 0.3) is 0 Å². The number of nitrogens with zero attached hydrogens (tertiary/aromatic N) is 2. The van der Waals surface area contributed by atoms with E-state index in [-0.39, 0.29) is 11.9 Å². The van der Waals surface area contributed by atoms with Crippen LogP contribution in [0, 0.1) is 12.7 Å². The van der Waals surface area contributed by atoms with E-state index < -0.39 is 0 Å². The van der Waals surface area contributed by atoms with Crippen LogP contribution in [0.3, 0.4) is 0 Å². The third-order valence-electron chi connectivity index (χ3n) is 5.77. The fraction of sp³-hybridized carbons (Fsp3) is 0.222. The summed E-state index contributed by atoms with van der Waals surface area (Å²) in [6.07, 6.45) is 1.58. The van der Waals surface area contributed by atoms with Crippen LogP contribution in [0.1, 0.15) is 25.0 Å². The number of rotatable bonds is 6. The van der Waals surface area contributed by atoms with E-state index in [1.807, 2.05) is 80.1 Å². The van der Waals surface area contributed by atoms with Gasteiger partial charge in [-0.1, -0.05) is 48.0 Å². The van der Waals surface area contributed by atoms with E-state index in [1.165, 1.54) is 6.07 Å². The van der Waals surface area contributed by atoms with Crippen LogP contribution < -0.4 is 4.74 Å². The average Bonchev–Trinajstić information content (AvgIpc) is 3.19. The molecule has 0 aliphatic carbocycles. The number of halogens is 1. The lowest BCUT2D eigenvalue weighted by Gasteiger charge is -2.20. The molecule has 0 spiro atoms. The van der Waals surface area contributed by atoms with Crippen molar-refractivity contribution in [2.75, 3.05) is 13.1 Å². The molecule has 3 aromatic carbocycles. The smallest absolute Gasteiger partial charge is 0.410 e. The molecule has 0 fully saturated rings. The lowest BCUT2D eigenvalue weighted by molar-refractivity contribution is 0.157. The van der Waals surface area contributed by atoms with Crippen LogP contribution >= 0.6 is 0 Å². The number of ether oxygens (including phenoxy) is 1. The van der Waals surface area contributed by atoms with Crippen LogP contribution in [-0.2, 0) is 6.54 Å². The maximum atomic E-state index is 14.2. The van der Waals surface area contributed by atoms with Crippen molar-refractivity contribution in [2.45, 2.75) is 27.3 Å². The molecule has 4 aromatic rings. The number of aromatic nitrogens is 1. The molecule has 0 aliphatic heterocycles. The zero-order chi connectivity index (χ0) is 22.7. The molecule has 32 heavy (non-hydrogen) atoms. The monoisotopic (exact) mass is 430 g/mol. The summed E-state index contributed by atoms with van der Waals surface area (Å²) in [5, 5.41) is 0.954. The molecule has 1 amide bonds. The van der Waals surface area contributed by atoms with Crippen molar-refractivity contribution in [3.63, 3.8) is 0 Å². The summed E-state index contributed by atoms with van der Waals surface area (Å²) >= 11 is 0. The van der Waals surface area contributed by atoms with E-state index in [9.17, 15) is 9.18 Å². The number of benzene rings is 3. The van der Waals surface area contributed by atoms with Gasteiger partial charge in [-0.3, -0.25) is 0 Å². The quantitative estimate of drug-likeness (QED) is 0.343. The Kier molecular flexibility index (Phi) is 6.26. The summed E-state index contributed by atoms with van der Waals surface area (Å²) in [5.74, 6) is 0.291. The second-order valence-electron chi connectivity index (χ2n) is 7.81. The number of hydrogen-bond donors (Lipinski definition) is 0. The minimum Gasteiger partial charge on any atom is -0.410 e. The molecule has 164 valence electrons. The highest BCUT2D eigenvalue weighted by molar-refractivity contribution is 5.99. The van der Waals surface area contributed by atoms with Crippen LogP contribution in [-0.4, -0.2) is 28.6 Å². The lowest BCUT2D eigenvalue weighted by atomic mass is 9.99. The van der Waals surface area contributed by atoms with E-state index in [1.54, 1.807) is 17.0 Å². The van der Waals surface area contributed by atoms with Crippen molar-refractivity contribution in [3.05, 3.63) is 89.9 Å². The van der Waals surface area contributed by atoms with Gasteiger partial charge in [0.2, 0.25) is 0 Å². The molecule has 5 heteroatoms. The first kappa shape index (κ1) is 21.6. The van der Waals surface area contributed by atoms with Gasteiger partial charge in [0, 0.05) is 41.3 Å². The fourth-order valence-corrected chi connectivity index (χ4v) is 3.94. The van der Waals surface area contributed by atoms with Gasteiger partial charge in [-0.25, -0.2) is 9.18 Å². The highest BCUT2D eigenvalue weighted by Gasteiger charge is 2.19. The van der Waals surface area contributed by atoms with Gasteiger partial charge < -0.3 is 14.2 Å². The second kappa shape index (κ2) is 9.27. The summed E-state index contributed by atoms with van der Waals surface area (Å²) in [4.78, 5) is 14.3. The van der Waals surface area contributed by atoms with Crippen molar-refractivity contribution in [1.82, 2.24) is 9.47 Å². The van der Waals surface area contributed by atoms with E-state index in [0.717, 1.165) is 27.6 Å². The number of carbonyl (C=O) groups is 1. The summed E-state index contributed by atoms with van der Waals surface area (Å²) in [6.45, 7) is 7.47. The first-order valence-electron chi connectivity index (χ1n) is 10.9. The fourth-order valence-electron chi connectivity index (χ4n) is 3.94. The van der Waals surface area contributed by atoms with Gasteiger partial charge in [0.1, 0.15) is 11.6 Å². The number of amides is 1. The summed E-state index contributed by atoms with van der Waals surface area (Å²) in [6, 6.07) is 20.7. The largest absolute Gasteiger partial charge is 0.415 e. The van der Waals surface area contributed by atoms with Crippen molar-refractivity contribution in [2.24, 2.45) is 0 Å². The third-order valence-corrected chi connectivity index (χ3v) is 5.77. The first-order chi connectivity index (χ1) is 15.5. The Morgan fingerprint density at radius 1 is 0.969 bits per heavy atom. The van der Waals surface area contributed by atoms with Crippen molar-refractivity contribution in [3.8, 4) is 16.9 Å². The summed E-state index contributed by atoms with van der Waals surface area (Å²) in [7, 11) is 0. The molecule has 0 saturated carbocycles. The molecule has 0 N–H and O–H groups in total. The van der Waals surface area contributed by atoms with Gasteiger partial charge in [-0.2, -0.15) is 0 Å². The SMILES string of the molecule is CCN(CC)C(=O)Oc1ccc2c(ccn2Cc2ccccc2F)c1-c1ccc(C)cc1. The van der Waals surface area contributed by atoms with Crippen LogP contribution in [0.2, 0.25) is 0 Å². The standard InChI is InChI=1S/C27H27FN2O2/c1-4-29(5-2)27(31)32-25-15-14-24-22(26(25)20-12-10-19(3)11-13-20)16-17-30(24)18-21-8-6-7-9-23(21)28/h6-17H,4-5,18H2,1-3H3. The average molecular weight is 431 g/mol. The molecule has 0 unspecified atom stereocenters. The Morgan fingerprint density at radius 3 is 2.38 bits per heavy atom. The predicted molar refractivity (Wildman–Crippen MR) is 127 cm³/mol. The summed E-state index contributed by atoms with van der Waals surface area (Å²) in [5.41, 5.74) is 4.55. The van der Waals surface area contributed by atoms with E-state index >= 15 is 0 Å². The molecular weight excluding hydrogens is 403 g/mol. The van der Waals surface area contributed by atoms with Gasteiger partial charge in [0.15, 0.2) is 0 Å². The molecule has 0 atom stereocenters. The predicted octanol–water partition coefficient (Wildman–Crippen LogP) is 6.64. The topological polar surface area (TPSA) is 34.5 Å². The highest BCUT2D eigenvalue weighted by Crippen LogP contribution is 2.38. The van der Waals surface area contributed by atoms with Crippen LogP contribution in [0.4, 0.5) is 9.18 Å². The minimum atomic E-state index is -0.367. The molecule has 0 saturated heterocycles. The van der Waals surface area contributed by atoms with E-state index in [0.29, 0.717) is 30.9 Å². The second-order valence-corrected chi connectivity index (χ2v) is 7.81. The Balaban J connectivity index is 1.82. The van der Waals surface area contributed by atoms with Gasteiger partial charge in [0.05, 0.1) is 6.54 Å². The van der Waals surface area contributed by atoms with Crippen molar-refractivity contribution >= 4 is 17.0 Å². The number of carbonyl (C=O) groups excluding carboxylic acids is 1. The minimum absolute atomic E-state index is 0.224. The molecule has 0 aliphatic rings. The Morgan fingerprint density at radius 2 is 1.69 bits per heavy atom. The molecular formula is C27H27FN2O2. The molecule has 4 rings (SSSR count). The zero-order valence-electron chi connectivity index (χ0n) is 18.6. The number of hydrogen-bond acceptors (Lipinski definition) is 2. The Bertz CT molecular complexity index is 1240. The molecule has 0 bridgehead atoms. The number of aryl methyl sites for hydroxylation is 1. The molecule has 1 aromatic heterocycles. The van der Waals surface area contributed by atoms with Gasteiger partial charge >= 0.3 is 6.09 Å². The lowest BCUT2D eigenvalue weighted by Crippen LogP contribution is -2.33. The highest BCUT2D eigenvalue weighted by atomic mass is 19.1. The van der Waals surface area contributed by atoms with Gasteiger partial charge in [-0.15, -0.1) is 0 Å². The Labute approximate surface area is 187 Å². The summed E-state index contributed by atoms with van der Waals surface area (Å²) < 4.78 is 22.1.